The molecule has 1 aliphatic carbocycles. The Kier molecular flexibility index (Phi) is 5.11. The van der Waals surface area contributed by atoms with Crippen molar-refractivity contribution in [1.82, 2.24) is 0 Å². The fourth-order valence-corrected chi connectivity index (χ4v) is 3.60. The molecule has 2 nitrogen and oxygen atoms in total. The summed E-state index contributed by atoms with van der Waals surface area (Å²) < 4.78 is 21.1. The second-order valence-corrected chi connectivity index (χ2v) is 7.72. The molecule has 118 valence electrons. The van der Waals surface area contributed by atoms with E-state index in [0.29, 0.717) is 17.6 Å². The molecule has 1 aromatic rings. The van der Waals surface area contributed by atoms with Gasteiger partial charge in [-0.2, -0.15) is 0 Å². The van der Waals surface area contributed by atoms with Gasteiger partial charge in [-0.1, -0.05) is 29.8 Å². The van der Waals surface area contributed by atoms with Crippen LogP contribution in [-0.2, 0) is 4.74 Å². The van der Waals surface area contributed by atoms with Gasteiger partial charge in [-0.05, 0) is 56.2 Å². The van der Waals surface area contributed by atoms with Crippen molar-refractivity contribution >= 4 is 15.9 Å². The molecule has 0 heterocycles. The Hall–Kier alpha value is -0.450. The van der Waals surface area contributed by atoms with Gasteiger partial charge >= 0.3 is 0 Å². The van der Waals surface area contributed by atoms with Crippen molar-refractivity contribution < 1.29 is 9.13 Å². The van der Waals surface area contributed by atoms with Gasteiger partial charge in [-0.25, -0.2) is 4.39 Å². The third kappa shape index (κ3) is 3.66. The van der Waals surface area contributed by atoms with Crippen LogP contribution in [0, 0.1) is 11.2 Å². The first kappa shape index (κ1) is 16.9. The summed E-state index contributed by atoms with van der Waals surface area (Å²) in [5.41, 5.74) is 6.87. The molecule has 1 atom stereocenters. The first-order chi connectivity index (χ1) is 9.80. The van der Waals surface area contributed by atoms with Gasteiger partial charge < -0.3 is 10.5 Å². The number of nitrogens with two attached hydrogens (primary N) is 1. The maximum atomic E-state index is 14.2. The largest absolute Gasteiger partial charge is 0.373 e. The lowest BCUT2D eigenvalue weighted by atomic mass is 9.67. The van der Waals surface area contributed by atoms with Gasteiger partial charge in [0.1, 0.15) is 5.82 Å². The highest BCUT2D eigenvalue weighted by Crippen LogP contribution is 2.47. The predicted octanol–water partition coefficient (Wildman–Crippen LogP) is 4.96. The maximum absolute atomic E-state index is 14.2. The molecule has 21 heavy (non-hydrogen) atoms. The Labute approximate surface area is 135 Å². The molecule has 2 N–H and O–H groups in total. The highest BCUT2D eigenvalue weighted by molar-refractivity contribution is 9.10. The number of rotatable bonds is 4. The number of hydrogen-bond acceptors (Lipinski definition) is 2. The maximum Gasteiger partial charge on any atom is 0.128 e. The lowest BCUT2D eigenvalue weighted by Gasteiger charge is -2.46. The van der Waals surface area contributed by atoms with E-state index in [2.05, 4.69) is 29.8 Å². The fraction of sp³-hybridized carbons (Fsp3) is 0.647. The van der Waals surface area contributed by atoms with Gasteiger partial charge in [0.2, 0.25) is 0 Å². The van der Waals surface area contributed by atoms with Crippen LogP contribution < -0.4 is 5.73 Å². The van der Waals surface area contributed by atoms with Crippen molar-refractivity contribution in [2.75, 3.05) is 6.61 Å². The number of ether oxygens (including phenoxy) is 1. The molecular weight excluding hydrogens is 333 g/mol. The van der Waals surface area contributed by atoms with Crippen molar-refractivity contribution in [1.29, 1.82) is 0 Å². The van der Waals surface area contributed by atoms with Crippen LogP contribution in [0.3, 0.4) is 0 Å². The summed E-state index contributed by atoms with van der Waals surface area (Å²) in [6.07, 6.45) is 3.86. The van der Waals surface area contributed by atoms with Crippen LogP contribution in [0.5, 0.6) is 0 Å². The highest BCUT2D eigenvalue weighted by atomic mass is 79.9. The third-order valence-electron chi connectivity index (χ3n) is 4.74. The Balaban J connectivity index is 2.31. The molecule has 1 fully saturated rings. The molecule has 2 rings (SSSR count). The molecule has 1 unspecified atom stereocenters. The van der Waals surface area contributed by atoms with Gasteiger partial charge in [-0.15, -0.1) is 0 Å². The fourth-order valence-electron chi connectivity index (χ4n) is 3.22. The Morgan fingerprint density at radius 1 is 1.29 bits per heavy atom. The van der Waals surface area contributed by atoms with E-state index in [9.17, 15) is 4.39 Å². The second kappa shape index (κ2) is 6.35. The zero-order valence-corrected chi connectivity index (χ0v) is 14.7. The van der Waals surface area contributed by atoms with E-state index in [1.807, 2.05) is 6.92 Å². The van der Waals surface area contributed by atoms with Gasteiger partial charge in [0.15, 0.2) is 0 Å². The molecule has 0 saturated heterocycles. The molecular formula is C17H25BrFNO. The lowest BCUT2D eigenvalue weighted by molar-refractivity contribution is -0.101. The van der Waals surface area contributed by atoms with Crippen molar-refractivity contribution in [2.24, 2.45) is 11.1 Å². The van der Waals surface area contributed by atoms with E-state index in [1.165, 1.54) is 6.07 Å². The van der Waals surface area contributed by atoms with Crippen LogP contribution in [0.4, 0.5) is 4.39 Å². The van der Waals surface area contributed by atoms with Gasteiger partial charge in [-0.3, -0.25) is 0 Å². The summed E-state index contributed by atoms with van der Waals surface area (Å²) in [6.45, 7) is 7.12. The van der Waals surface area contributed by atoms with Crippen molar-refractivity contribution in [3.05, 3.63) is 34.1 Å². The Bertz CT molecular complexity index is 494. The SMILES string of the molecule is CCOC1(C(N)c2cc(Br)ccc2F)CCC(C)(C)CC1. The smallest absolute Gasteiger partial charge is 0.128 e. The Morgan fingerprint density at radius 3 is 2.48 bits per heavy atom. The molecule has 1 aromatic carbocycles. The molecule has 1 saturated carbocycles. The molecule has 0 amide bonds. The second-order valence-electron chi connectivity index (χ2n) is 6.81. The molecule has 0 aliphatic heterocycles. The van der Waals surface area contributed by atoms with Crippen molar-refractivity contribution in [2.45, 2.75) is 58.1 Å². The van der Waals surface area contributed by atoms with Gasteiger partial charge in [0.25, 0.3) is 0 Å². The molecule has 4 heteroatoms. The average molecular weight is 358 g/mol. The molecule has 1 aliphatic rings. The van der Waals surface area contributed by atoms with Crippen LogP contribution in [-0.4, -0.2) is 12.2 Å². The Morgan fingerprint density at radius 2 is 1.90 bits per heavy atom. The topological polar surface area (TPSA) is 35.2 Å². The van der Waals surface area contributed by atoms with Gasteiger partial charge in [0, 0.05) is 16.6 Å². The summed E-state index contributed by atoms with van der Waals surface area (Å²) in [6, 6.07) is 4.50. The number of hydrogen-bond donors (Lipinski definition) is 1. The van der Waals surface area contributed by atoms with Crippen LogP contribution >= 0.6 is 15.9 Å². The van der Waals surface area contributed by atoms with Crippen LogP contribution in [0.25, 0.3) is 0 Å². The minimum Gasteiger partial charge on any atom is -0.373 e. The third-order valence-corrected chi connectivity index (χ3v) is 5.23. The standard InChI is InChI=1S/C17H25BrFNO/c1-4-21-17(9-7-16(2,3)8-10-17)15(20)13-11-12(18)5-6-14(13)19/h5-6,11,15H,4,7-10,20H2,1-3H3. The molecule has 0 aromatic heterocycles. The van der Waals surface area contributed by atoms with E-state index in [1.54, 1.807) is 12.1 Å². The van der Waals surface area contributed by atoms with Gasteiger partial charge in [0.05, 0.1) is 11.6 Å². The van der Waals surface area contributed by atoms with Crippen molar-refractivity contribution in [3.63, 3.8) is 0 Å². The zero-order valence-electron chi connectivity index (χ0n) is 13.1. The quantitative estimate of drug-likeness (QED) is 0.825. The summed E-state index contributed by atoms with van der Waals surface area (Å²) >= 11 is 3.40. The van der Waals surface area contributed by atoms with Crippen molar-refractivity contribution in [3.8, 4) is 0 Å². The van der Waals surface area contributed by atoms with E-state index < -0.39 is 11.6 Å². The first-order valence-electron chi connectivity index (χ1n) is 7.64. The summed E-state index contributed by atoms with van der Waals surface area (Å²) in [5, 5.41) is 0. The number of halogens is 2. The van der Waals surface area contributed by atoms with E-state index >= 15 is 0 Å². The number of benzene rings is 1. The lowest BCUT2D eigenvalue weighted by Crippen LogP contribution is -2.48. The molecule has 0 radical (unpaired) electrons. The van der Waals surface area contributed by atoms with Crippen LogP contribution in [0.15, 0.2) is 22.7 Å². The average Bonchev–Trinajstić information content (AvgIpc) is 2.44. The molecule has 0 spiro atoms. The first-order valence-corrected chi connectivity index (χ1v) is 8.43. The van der Waals surface area contributed by atoms with E-state index in [4.69, 9.17) is 10.5 Å². The van der Waals surface area contributed by atoms with E-state index in [-0.39, 0.29) is 5.82 Å². The zero-order chi connectivity index (χ0) is 15.7. The minimum absolute atomic E-state index is 0.255. The normalized spacial score (nSPS) is 22.0. The summed E-state index contributed by atoms with van der Waals surface area (Å²) in [4.78, 5) is 0. The van der Waals surface area contributed by atoms with Crippen LogP contribution in [0.2, 0.25) is 0 Å². The van der Waals surface area contributed by atoms with E-state index in [0.717, 1.165) is 30.2 Å². The minimum atomic E-state index is -0.452. The van der Waals surface area contributed by atoms with Crippen LogP contribution in [0.1, 0.15) is 58.1 Å². The monoisotopic (exact) mass is 357 g/mol. The predicted molar refractivity (Wildman–Crippen MR) is 87.6 cm³/mol. The summed E-state index contributed by atoms with van der Waals surface area (Å²) in [5.74, 6) is -0.255. The highest BCUT2D eigenvalue weighted by Gasteiger charge is 2.44. The molecule has 0 bridgehead atoms. The summed E-state index contributed by atoms with van der Waals surface area (Å²) in [7, 11) is 0.